The molecule has 0 aliphatic carbocycles. The second-order valence-electron chi connectivity index (χ2n) is 4.18. The number of benzene rings is 1. The third-order valence-electron chi connectivity index (χ3n) is 2.60. The van der Waals surface area contributed by atoms with Crippen molar-refractivity contribution >= 4 is 36.2 Å². The number of carbonyl (C=O) groups excluding carboxylic acids is 1. The number of hydrogen-bond acceptors (Lipinski definition) is 3. The van der Waals surface area contributed by atoms with Gasteiger partial charge in [0, 0.05) is 5.69 Å². The Labute approximate surface area is 118 Å². The number of para-hydroxylation sites is 1. The Hall–Kier alpha value is -1.83. The van der Waals surface area contributed by atoms with Crippen LogP contribution in [0.5, 0.6) is 0 Å². The number of aryl methyl sites for hydroxylation is 1. The SMILES string of the molecule is Bc1ccccc1NC(=O)c1nc(C)sc1C(F)(F)F. The van der Waals surface area contributed by atoms with Gasteiger partial charge in [-0.1, -0.05) is 23.7 Å². The fraction of sp³-hybridized carbons (Fsp3) is 0.167. The van der Waals surface area contributed by atoms with Crippen LogP contribution in [0.4, 0.5) is 18.9 Å². The molecular formula is C12H10BF3N2OS. The summed E-state index contributed by atoms with van der Waals surface area (Å²) >= 11 is 0.467. The normalized spacial score (nSPS) is 11.4. The number of thiazole rings is 1. The van der Waals surface area contributed by atoms with Crippen LogP contribution in [0.1, 0.15) is 20.4 Å². The Kier molecular flexibility index (Phi) is 3.85. The molecule has 1 aromatic heterocycles. The molecule has 0 unspecified atom stereocenters. The van der Waals surface area contributed by atoms with Crippen LogP contribution in [0.15, 0.2) is 24.3 Å². The first-order chi connectivity index (χ1) is 9.29. The lowest BCUT2D eigenvalue weighted by Crippen LogP contribution is -2.21. The minimum atomic E-state index is -4.58. The van der Waals surface area contributed by atoms with Crippen LogP contribution >= 0.6 is 11.3 Å². The van der Waals surface area contributed by atoms with E-state index in [-0.39, 0.29) is 5.01 Å². The van der Waals surface area contributed by atoms with E-state index < -0.39 is 22.7 Å². The van der Waals surface area contributed by atoms with Crippen LogP contribution in [0, 0.1) is 6.92 Å². The number of alkyl halides is 3. The Balaban J connectivity index is 2.33. The van der Waals surface area contributed by atoms with Crippen molar-refractivity contribution in [2.45, 2.75) is 13.1 Å². The molecule has 3 nitrogen and oxygen atoms in total. The number of aromatic nitrogens is 1. The number of nitrogens with zero attached hydrogens (tertiary/aromatic N) is 1. The third-order valence-corrected chi connectivity index (χ3v) is 3.62. The molecule has 0 saturated heterocycles. The maximum absolute atomic E-state index is 12.8. The molecule has 0 radical (unpaired) electrons. The van der Waals surface area contributed by atoms with Crippen LogP contribution < -0.4 is 10.8 Å². The standard InChI is InChI=1S/C12H10BF3N2OS/c1-6-17-9(10(20-6)12(14,15)16)11(19)18-8-5-3-2-4-7(8)13/h2-5H,13H2,1H3,(H,18,19). The summed E-state index contributed by atoms with van der Waals surface area (Å²) in [6.07, 6.45) is -4.58. The lowest BCUT2D eigenvalue weighted by atomic mass is 9.94. The molecule has 2 rings (SSSR count). The lowest BCUT2D eigenvalue weighted by Gasteiger charge is -2.09. The van der Waals surface area contributed by atoms with Gasteiger partial charge in [0.15, 0.2) is 5.69 Å². The van der Waals surface area contributed by atoms with Gasteiger partial charge < -0.3 is 5.32 Å². The van der Waals surface area contributed by atoms with Crippen LogP contribution in [-0.4, -0.2) is 18.7 Å². The van der Waals surface area contributed by atoms with Crippen LogP contribution in [-0.2, 0) is 6.18 Å². The minimum absolute atomic E-state index is 0.201. The first kappa shape index (κ1) is 14.6. The zero-order valence-corrected chi connectivity index (χ0v) is 11.5. The third kappa shape index (κ3) is 3.01. The van der Waals surface area contributed by atoms with Crippen molar-refractivity contribution in [1.29, 1.82) is 0 Å². The summed E-state index contributed by atoms with van der Waals surface area (Å²) in [5, 5.41) is 2.66. The van der Waals surface area contributed by atoms with Crippen molar-refractivity contribution in [3.63, 3.8) is 0 Å². The first-order valence-electron chi connectivity index (χ1n) is 5.70. The molecule has 104 valence electrons. The Morgan fingerprint density at radius 1 is 1.35 bits per heavy atom. The molecular weight excluding hydrogens is 288 g/mol. The first-order valence-corrected chi connectivity index (χ1v) is 6.52. The van der Waals surface area contributed by atoms with Crippen molar-refractivity contribution in [3.8, 4) is 0 Å². The molecule has 1 aromatic carbocycles. The smallest absolute Gasteiger partial charge is 0.321 e. The molecule has 0 fully saturated rings. The van der Waals surface area contributed by atoms with E-state index in [2.05, 4.69) is 10.3 Å². The highest BCUT2D eigenvalue weighted by molar-refractivity contribution is 7.12. The molecule has 1 N–H and O–H groups in total. The minimum Gasteiger partial charge on any atom is -0.321 e. The largest absolute Gasteiger partial charge is 0.427 e. The average molecular weight is 298 g/mol. The van der Waals surface area contributed by atoms with Crippen molar-refractivity contribution in [2.24, 2.45) is 0 Å². The van der Waals surface area contributed by atoms with Crippen molar-refractivity contribution in [2.75, 3.05) is 5.32 Å². The maximum Gasteiger partial charge on any atom is 0.427 e. The highest BCUT2D eigenvalue weighted by Crippen LogP contribution is 2.36. The molecule has 2 aromatic rings. The fourth-order valence-electron chi connectivity index (χ4n) is 1.67. The molecule has 20 heavy (non-hydrogen) atoms. The van der Waals surface area contributed by atoms with Gasteiger partial charge in [0.05, 0.1) is 5.01 Å². The summed E-state index contributed by atoms with van der Waals surface area (Å²) < 4.78 is 38.5. The summed E-state index contributed by atoms with van der Waals surface area (Å²) in [5.74, 6) is -0.851. The van der Waals surface area contributed by atoms with Gasteiger partial charge in [-0.05, 0) is 13.0 Å². The lowest BCUT2D eigenvalue weighted by molar-refractivity contribution is -0.134. The summed E-state index contributed by atoms with van der Waals surface area (Å²) in [5.41, 5.74) is 0.654. The fourth-order valence-corrected chi connectivity index (χ4v) is 2.45. The highest BCUT2D eigenvalue weighted by atomic mass is 32.1. The van der Waals surface area contributed by atoms with Gasteiger partial charge in [-0.15, -0.1) is 11.3 Å². The summed E-state index contributed by atoms with van der Waals surface area (Å²) in [6.45, 7) is 1.43. The van der Waals surface area contributed by atoms with Crippen LogP contribution in [0.25, 0.3) is 0 Å². The molecule has 0 aliphatic rings. The van der Waals surface area contributed by atoms with Gasteiger partial charge in [-0.2, -0.15) is 13.2 Å². The molecule has 0 bridgehead atoms. The van der Waals surface area contributed by atoms with Crippen LogP contribution in [0.3, 0.4) is 0 Å². The molecule has 0 aliphatic heterocycles. The molecule has 1 heterocycles. The van der Waals surface area contributed by atoms with E-state index in [0.717, 1.165) is 5.46 Å². The predicted molar refractivity (Wildman–Crippen MR) is 74.4 cm³/mol. The van der Waals surface area contributed by atoms with E-state index in [1.165, 1.54) is 6.92 Å². The Bertz CT molecular complexity index is 654. The van der Waals surface area contributed by atoms with E-state index in [9.17, 15) is 18.0 Å². The van der Waals surface area contributed by atoms with E-state index in [1.807, 2.05) is 0 Å². The van der Waals surface area contributed by atoms with Gasteiger partial charge in [0.2, 0.25) is 0 Å². The molecule has 1 amide bonds. The van der Waals surface area contributed by atoms with Gasteiger partial charge in [0.1, 0.15) is 12.7 Å². The van der Waals surface area contributed by atoms with E-state index >= 15 is 0 Å². The highest BCUT2D eigenvalue weighted by Gasteiger charge is 2.38. The second-order valence-corrected chi connectivity index (χ2v) is 5.38. The van der Waals surface area contributed by atoms with Gasteiger partial charge in [0.25, 0.3) is 5.91 Å². The zero-order valence-electron chi connectivity index (χ0n) is 10.7. The van der Waals surface area contributed by atoms with Gasteiger partial charge >= 0.3 is 6.18 Å². The number of amides is 1. The van der Waals surface area contributed by atoms with Crippen LogP contribution in [0.2, 0.25) is 0 Å². The molecule has 0 saturated carbocycles. The van der Waals surface area contributed by atoms with E-state index in [0.29, 0.717) is 17.0 Å². The average Bonchev–Trinajstić information content (AvgIpc) is 2.74. The summed E-state index contributed by atoms with van der Waals surface area (Å²) in [4.78, 5) is 14.7. The number of nitrogens with one attached hydrogen (secondary N) is 1. The van der Waals surface area contributed by atoms with Crippen molar-refractivity contribution in [3.05, 3.63) is 39.8 Å². The maximum atomic E-state index is 12.8. The van der Waals surface area contributed by atoms with E-state index in [1.54, 1.807) is 32.1 Å². The van der Waals surface area contributed by atoms with Gasteiger partial charge in [-0.3, -0.25) is 4.79 Å². The monoisotopic (exact) mass is 298 g/mol. The molecule has 0 spiro atoms. The predicted octanol–water partition coefficient (Wildman–Crippen LogP) is 1.98. The number of halogens is 3. The number of rotatable bonds is 2. The van der Waals surface area contributed by atoms with Crippen molar-refractivity contribution in [1.82, 2.24) is 4.98 Å². The summed E-state index contributed by atoms with van der Waals surface area (Å²) in [6, 6.07) is 6.85. The summed E-state index contributed by atoms with van der Waals surface area (Å²) in [7, 11) is 1.76. The van der Waals surface area contributed by atoms with E-state index in [4.69, 9.17) is 0 Å². The molecule has 0 atom stereocenters. The second kappa shape index (κ2) is 5.28. The number of carbonyl (C=O) groups is 1. The number of hydrogen-bond donors (Lipinski definition) is 1. The molecule has 8 heteroatoms. The Morgan fingerprint density at radius 2 is 2.00 bits per heavy atom. The van der Waals surface area contributed by atoms with Gasteiger partial charge in [-0.25, -0.2) is 4.98 Å². The zero-order chi connectivity index (χ0) is 14.9. The topological polar surface area (TPSA) is 42.0 Å². The quantitative estimate of drug-likeness (QED) is 0.861. The van der Waals surface area contributed by atoms with Crippen molar-refractivity contribution < 1.29 is 18.0 Å². The number of anilines is 1. The Morgan fingerprint density at radius 3 is 2.60 bits per heavy atom.